The Labute approximate surface area is 174 Å². The molecule has 0 bridgehead atoms. The first-order chi connectivity index (χ1) is 14.5. The molecule has 6 heteroatoms. The molecule has 4 rings (SSSR count). The fraction of sp³-hybridized carbons (Fsp3) is 0.167. The molecule has 0 atom stereocenters. The maximum Gasteiger partial charge on any atom is 0.278 e. The SMILES string of the molecule is COc1ccccc1C1=C(Nc2cc(C)cc(C)c2)C(=O)N(Cc2ccco2)C1=O. The Hall–Kier alpha value is -3.80. The number of aryl methyl sites for hydroxylation is 2. The maximum absolute atomic E-state index is 13.4. The van der Waals surface area contributed by atoms with Crippen LogP contribution < -0.4 is 10.1 Å². The van der Waals surface area contributed by atoms with Crippen molar-refractivity contribution >= 4 is 23.1 Å². The Bertz CT molecular complexity index is 1130. The molecule has 1 aliphatic heterocycles. The van der Waals surface area contributed by atoms with Crippen molar-refractivity contribution in [3.8, 4) is 5.75 Å². The lowest BCUT2D eigenvalue weighted by atomic mass is 10.0. The van der Waals surface area contributed by atoms with E-state index in [1.54, 1.807) is 24.3 Å². The fourth-order valence-electron chi connectivity index (χ4n) is 3.69. The van der Waals surface area contributed by atoms with E-state index in [-0.39, 0.29) is 17.8 Å². The van der Waals surface area contributed by atoms with Gasteiger partial charge in [0.05, 0.1) is 25.5 Å². The molecule has 0 unspecified atom stereocenters. The largest absolute Gasteiger partial charge is 0.496 e. The van der Waals surface area contributed by atoms with Gasteiger partial charge in [-0.1, -0.05) is 24.3 Å². The Balaban J connectivity index is 1.81. The van der Waals surface area contributed by atoms with Crippen LogP contribution in [0.1, 0.15) is 22.5 Å². The van der Waals surface area contributed by atoms with Crippen molar-refractivity contribution in [3.63, 3.8) is 0 Å². The van der Waals surface area contributed by atoms with Gasteiger partial charge in [-0.3, -0.25) is 14.5 Å². The number of nitrogens with zero attached hydrogens (tertiary/aromatic N) is 1. The molecule has 6 nitrogen and oxygen atoms in total. The number of methoxy groups -OCH3 is 1. The minimum absolute atomic E-state index is 0.0569. The molecule has 2 aromatic carbocycles. The number of anilines is 1. The van der Waals surface area contributed by atoms with Gasteiger partial charge < -0.3 is 14.5 Å². The maximum atomic E-state index is 13.4. The lowest BCUT2D eigenvalue weighted by Crippen LogP contribution is -2.31. The third-order valence-electron chi connectivity index (χ3n) is 4.93. The third kappa shape index (κ3) is 3.59. The highest BCUT2D eigenvalue weighted by molar-refractivity contribution is 6.36. The van der Waals surface area contributed by atoms with Crippen LogP contribution in [-0.4, -0.2) is 23.8 Å². The van der Waals surface area contributed by atoms with Gasteiger partial charge in [-0.05, 0) is 55.3 Å². The van der Waals surface area contributed by atoms with Crippen molar-refractivity contribution in [3.05, 3.63) is 89.0 Å². The molecule has 30 heavy (non-hydrogen) atoms. The number of amides is 2. The Morgan fingerprint density at radius 2 is 1.70 bits per heavy atom. The van der Waals surface area contributed by atoms with E-state index in [0.29, 0.717) is 17.1 Å². The molecular formula is C24H22N2O4. The molecular weight excluding hydrogens is 380 g/mol. The summed E-state index contributed by atoms with van der Waals surface area (Å²) in [7, 11) is 1.54. The van der Waals surface area contributed by atoms with Crippen LogP contribution in [0.3, 0.4) is 0 Å². The van der Waals surface area contributed by atoms with E-state index in [1.165, 1.54) is 18.3 Å². The molecule has 0 aliphatic carbocycles. The molecule has 1 aliphatic rings. The van der Waals surface area contributed by atoms with Gasteiger partial charge in [0.1, 0.15) is 17.2 Å². The van der Waals surface area contributed by atoms with Crippen LogP contribution in [-0.2, 0) is 16.1 Å². The molecule has 1 aromatic heterocycles. The number of carbonyl (C=O) groups excluding carboxylic acids is 2. The Kier molecular flexibility index (Phi) is 5.14. The third-order valence-corrected chi connectivity index (χ3v) is 4.93. The Morgan fingerprint density at radius 3 is 2.37 bits per heavy atom. The molecule has 2 amide bonds. The van der Waals surface area contributed by atoms with Crippen LogP contribution in [0.5, 0.6) is 5.75 Å². The summed E-state index contributed by atoms with van der Waals surface area (Å²) in [5.74, 6) is 0.251. The second kappa shape index (κ2) is 7.91. The molecule has 3 aromatic rings. The zero-order valence-electron chi connectivity index (χ0n) is 17.1. The van der Waals surface area contributed by atoms with Crippen molar-refractivity contribution < 1.29 is 18.7 Å². The normalized spacial score (nSPS) is 13.9. The number of furan rings is 1. The summed E-state index contributed by atoms with van der Waals surface area (Å²) in [6, 6.07) is 16.6. The summed E-state index contributed by atoms with van der Waals surface area (Å²) in [5.41, 5.74) is 3.93. The number of nitrogens with one attached hydrogen (secondary N) is 1. The van der Waals surface area contributed by atoms with Gasteiger partial charge in [-0.25, -0.2) is 0 Å². The van der Waals surface area contributed by atoms with Gasteiger partial charge in [-0.2, -0.15) is 0 Å². The van der Waals surface area contributed by atoms with Gasteiger partial charge >= 0.3 is 0 Å². The van der Waals surface area contributed by atoms with E-state index in [1.807, 2.05) is 44.2 Å². The molecule has 152 valence electrons. The van der Waals surface area contributed by atoms with Crippen LogP contribution in [0.15, 0.2) is 71.0 Å². The number of carbonyl (C=O) groups is 2. The van der Waals surface area contributed by atoms with Crippen LogP contribution >= 0.6 is 0 Å². The number of hydrogen-bond acceptors (Lipinski definition) is 5. The minimum atomic E-state index is -0.406. The van der Waals surface area contributed by atoms with Gasteiger partial charge in [0.15, 0.2) is 0 Å². The van der Waals surface area contributed by atoms with Crippen molar-refractivity contribution in [2.45, 2.75) is 20.4 Å². The van der Waals surface area contributed by atoms with Gasteiger partial charge in [-0.15, -0.1) is 0 Å². The van der Waals surface area contributed by atoms with E-state index in [9.17, 15) is 9.59 Å². The highest BCUT2D eigenvalue weighted by Crippen LogP contribution is 2.36. The molecule has 0 fully saturated rings. The van der Waals surface area contributed by atoms with Crippen molar-refractivity contribution in [2.75, 3.05) is 12.4 Å². The smallest absolute Gasteiger partial charge is 0.278 e. The summed E-state index contributed by atoms with van der Waals surface area (Å²) in [5, 5.41) is 3.19. The topological polar surface area (TPSA) is 71.8 Å². The summed E-state index contributed by atoms with van der Waals surface area (Å²) in [6.45, 7) is 4.03. The summed E-state index contributed by atoms with van der Waals surface area (Å²) >= 11 is 0. The van der Waals surface area contributed by atoms with E-state index in [2.05, 4.69) is 5.32 Å². The number of benzene rings is 2. The molecule has 0 saturated carbocycles. The predicted octanol–water partition coefficient (Wildman–Crippen LogP) is 4.30. The van der Waals surface area contributed by atoms with Crippen LogP contribution in [0.4, 0.5) is 5.69 Å². The number of rotatable bonds is 6. The van der Waals surface area contributed by atoms with Crippen LogP contribution in [0.2, 0.25) is 0 Å². The van der Waals surface area contributed by atoms with Crippen molar-refractivity contribution in [1.29, 1.82) is 0 Å². The second-order valence-electron chi connectivity index (χ2n) is 7.23. The summed E-state index contributed by atoms with van der Waals surface area (Å²) in [6.07, 6.45) is 1.52. The second-order valence-corrected chi connectivity index (χ2v) is 7.23. The van der Waals surface area contributed by atoms with Crippen molar-refractivity contribution in [1.82, 2.24) is 4.90 Å². The molecule has 2 heterocycles. The molecule has 0 saturated heterocycles. The first kappa shape index (κ1) is 19.5. The highest BCUT2D eigenvalue weighted by Gasteiger charge is 2.40. The zero-order chi connectivity index (χ0) is 21.3. The van der Waals surface area contributed by atoms with Crippen LogP contribution in [0, 0.1) is 13.8 Å². The van der Waals surface area contributed by atoms with Gasteiger partial charge in [0.25, 0.3) is 11.8 Å². The number of imide groups is 1. The first-order valence-electron chi connectivity index (χ1n) is 9.59. The highest BCUT2D eigenvalue weighted by atomic mass is 16.5. The summed E-state index contributed by atoms with van der Waals surface area (Å²) in [4.78, 5) is 27.8. The van der Waals surface area contributed by atoms with E-state index < -0.39 is 11.8 Å². The number of para-hydroxylation sites is 1. The summed E-state index contributed by atoms with van der Waals surface area (Å²) < 4.78 is 10.8. The lowest BCUT2D eigenvalue weighted by molar-refractivity contribution is -0.137. The van der Waals surface area contributed by atoms with E-state index in [4.69, 9.17) is 9.15 Å². The lowest BCUT2D eigenvalue weighted by Gasteiger charge is -2.14. The van der Waals surface area contributed by atoms with Crippen LogP contribution in [0.25, 0.3) is 5.57 Å². The average Bonchev–Trinajstić information content (AvgIpc) is 3.30. The average molecular weight is 402 g/mol. The predicted molar refractivity (Wildman–Crippen MR) is 114 cm³/mol. The fourth-order valence-corrected chi connectivity index (χ4v) is 3.69. The quantitative estimate of drug-likeness (QED) is 0.623. The van der Waals surface area contributed by atoms with Gasteiger partial charge in [0, 0.05) is 11.3 Å². The zero-order valence-corrected chi connectivity index (χ0v) is 17.1. The minimum Gasteiger partial charge on any atom is -0.496 e. The monoisotopic (exact) mass is 402 g/mol. The molecule has 0 spiro atoms. The van der Waals surface area contributed by atoms with Gasteiger partial charge in [0.2, 0.25) is 0 Å². The molecule has 0 radical (unpaired) electrons. The molecule has 1 N–H and O–H groups in total. The standard InChI is InChI=1S/C24H22N2O4/c1-15-11-16(2)13-17(12-15)25-22-21(19-8-4-5-9-20(19)29-3)23(27)26(24(22)28)14-18-7-6-10-30-18/h4-13,25H,14H2,1-3H3. The van der Waals surface area contributed by atoms with Crippen molar-refractivity contribution in [2.24, 2.45) is 0 Å². The van der Waals surface area contributed by atoms with E-state index in [0.717, 1.165) is 16.8 Å². The Morgan fingerprint density at radius 1 is 0.967 bits per heavy atom. The van der Waals surface area contributed by atoms with E-state index >= 15 is 0 Å². The number of ether oxygens (including phenoxy) is 1. The number of hydrogen-bond donors (Lipinski definition) is 1. The first-order valence-corrected chi connectivity index (χ1v) is 9.59.